The third-order valence-electron chi connectivity index (χ3n) is 5.20. The molecule has 0 saturated carbocycles. The Morgan fingerprint density at radius 1 is 1.46 bits per heavy atom. The van der Waals surface area contributed by atoms with Crippen LogP contribution in [0.1, 0.15) is 35.3 Å². The maximum Gasteiger partial charge on any atom is 0.356 e. The zero-order chi connectivity index (χ0) is 16.5. The normalized spacial score (nSPS) is 24.7. The summed E-state index contributed by atoms with van der Waals surface area (Å²) < 4.78 is 12.5. The minimum atomic E-state index is -0.361. The van der Waals surface area contributed by atoms with E-state index in [2.05, 4.69) is 16.0 Å². The summed E-state index contributed by atoms with van der Waals surface area (Å²) in [5.41, 5.74) is 2.44. The fourth-order valence-corrected chi connectivity index (χ4v) is 4.00. The highest BCUT2D eigenvalue weighted by molar-refractivity contribution is 5.88. The van der Waals surface area contributed by atoms with Gasteiger partial charge in [0.25, 0.3) is 0 Å². The van der Waals surface area contributed by atoms with Crippen LogP contribution in [0.3, 0.4) is 0 Å². The molecule has 2 aliphatic rings. The van der Waals surface area contributed by atoms with E-state index in [1.807, 2.05) is 16.7 Å². The van der Waals surface area contributed by atoms with Gasteiger partial charge in [0.1, 0.15) is 5.65 Å². The van der Waals surface area contributed by atoms with Gasteiger partial charge in [-0.25, -0.2) is 9.78 Å². The molecule has 0 amide bonds. The number of carbonyl (C=O) groups is 1. The van der Waals surface area contributed by atoms with E-state index in [-0.39, 0.29) is 5.97 Å². The summed E-state index contributed by atoms with van der Waals surface area (Å²) in [5.74, 6) is 0.289. The lowest BCUT2D eigenvalue weighted by Gasteiger charge is -2.41. The number of ether oxygens (including phenoxy) is 2. The van der Waals surface area contributed by atoms with Gasteiger partial charge in [0.2, 0.25) is 0 Å². The van der Waals surface area contributed by atoms with Crippen molar-refractivity contribution in [2.24, 2.45) is 5.92 Å². The fourth-order valence-electron chi connectivity index (χ4n) is 4.00. The number of hydrogen-bond acceptors (Lipinski definition) is 5. The van der Waals surface area contributed by atoms with E-state index in [9.17, 15) is 4.79 Å². The van der Waals surface area contributed by atoms with E-state index in [1.165, 1.54) is 20.0 Å². The topological polar surface area (TPSA) is 56.1 Å². The lowest BCUT2D eigenvalue weighted by Crippen LogP contribution is -2.45. The average Bonchev–Trinajstić information content (AvgIpc) is 3.06. The SMILES string of the molecule is COC(=O)c1cnc2c(CN3CCC4OCCCC4C3)cccn12. The van der Waals surface area contributed by atoms with Gasteiger partial charge < -0.3 is 9.47 Å². The van der Waals surface area contributed by atoms with E-state index in [0.29, 0.717) is 17.7 Å². The first kappa shape index (κ1) is 15.6. The van der Waals surface area contributed by atoms with Crippen LogP contribution >= 0.6 is 0 Å². The molecule has 2 unspecified atom stereocenters. The van der Waals surface area contributed by atoms with Crippen LogP contribution in [0, 0.1) is 5.92 Å². The summed E-state index contributed by atoms with van der Waals surface area (Å²) in [6.45, 7) is 3.90. The highest BCUT2D eigenvalue weighted by Crippen LogP contribution is 2.29. The number of aromatic nitrogens is 2. The van der Waals surface area contributed by atoms with Crippen molar-refractivity contribution < 1.29 is 14.3 Å². The molecule has 0 spiro atoms. The largest absolute Gasteiger partial charge is 0.464 e. The van der Waals surface area contributed by atoms with Gasteiger partial charge in [-0.2, -0.15) is 0 Å². The highest BCUT2D eigenvalue weighted by atomic mass is 16.5. The van der Waals surface area contributed by atoms with Crippen LogP contribution < -0.4 is 0 Å². The molecule has 0 bridgehead atoms. The highest BCUT2D eigenvalue weighted by Gasteiger charge is 2.32. The van der Waals surface area contributed by atoms with Gasteiger partial charge in [-0.1, -0.05) is 6.07 Å². The third-order valence-corrected chi connectivity index (χ3v) is 5.20. The number of imidazole rings is 1. The third kappa shape index (κ3) is 2.80. The van der Waals surface area contributed by atoms with Crippen LogP contribution in [0.15, 0.2) is 24.5 Å². The molecule has 2 aromatic rings. The Labute approximate surface area is 141 Å². The number of nitrogens with zero attached hydrogens (tertiary/aromatic N) is 3. The minimum Gasteiger partial charge on any atom is -0.464 e. The summed E-state index contributed by atoms with van der Waals surface area (Å²) in [5, 5.41) is 0. The minimum absolute atomic E-state index is 0.361. The number of esters is 1. The monoisotopic (exact) mass is 329 g/mol. The Kier molecular flexibility index (Phi) is 4.24. The van der Waals surface area contributed by atoms with Gasteiger partial charge in [0.05, 0.1) is 19.4 Å². The molecule has 0 aliphatic carbocycles. The number of fused-ring (bicyclic) bond motifs is 2. The Bertz CT molecular complexity index is 742. The first-order chi connectivity index (χ1) is 11.8. The molecule has 2 atom stereocenters. The molecule has 0 radical (unpaired) electrons. The first-order valence-corrected chi connectivity index (χ1v) is 8.63. The van der Waals surface area contributed by atoms with Gasteiger partial charge in [0.15, 0.2) is 5.69 Å². The molecule has 4 rings (SSSR count). The maximum absolute atomic E-state index is 11.8. The standard InChI is InChI=1S/C18H23N3O3/c1-23-18(22)15-10-19-17-14(4-2-7-21(15)17)12-20-8-6-16-13(11-20)5-3-9-24-16/h2,4,7,10,13,16H,3,5-6,8-9,11-12H2,1H3. The lowest BCUT2D eigenvalue weighted by atomic mass is 9.88. The van der Waals surface area contributed by atoms with Crippen molar-refractivity contribution >= 4 is 11.6 Å². The number of pyridine rings is 1. The van der Waals surface area contributed by atoms with Crippen molar-refractivity contribution in [3.8, 4) is 0 Å². The van der Waals surface area contributed by atoms with Crippen molar-refractivity contribution in [3.63, 3.8) is 0 Å². The molecule has 2 fully saturated rings. The molecule has 4 heterocycles. The van der Waals surface area contributed by atoms with Gasteiger partial charge in [0, 0.05) is 38.0 Å². The Hall–Kier alpha value is -1.92. The Morgan fingerprint density at radius 2 is 2.38 bits per heavy atom. The van der Waals surface area contributed by atoms with E-state index >= 15 is 0 Å². The maximum atomic E-state index is 11.8. The predicted octanol–water partition coefficient (Wildman–Crippen LogP) is 2.12. The summed E-state index contributed by atoms with van der Waals surface area (Å²) in [7, 11) is 1.39. The smallest absolute Gasteiger partial charge is 0.356 e. The number of rotatable bonds is 3. The van der Waals surface area contributed by atoms with Crippen LogP contribution in [-0.2, 0) is 16.0 Å². The second kappa shape index (κ2) is 6.53. The molecular weight excluding hydrogens is 306 g/mol. The summed E-state index contributed by atoms with van der Waals surface area (Å²) in [4.78, 5) is 18.8. The van der Waals surface area contributed by atoms with E-state index in [1.54, 1.807) is 6.20 Å². The molecule has 128 valence electrons. The molecule has 2 aliphatic heterocycles. The van der Waals surface area contributed by atoms with Gasteiger partial charge >= 0.3 is 5.97 Å². The number of piperidine rings is 1. The fraction of sp³-hybridized carbons (Fsp3) is 0.556. The van der Waals surface area contributed by atoms with E-state index < -0.39 is 0 Å². The molecule has 6 nitrogen and oxygen atoms in total. The summed E-state index contributed by atoms with van der Waals surface area (Å²) >= 11 is 0. The summed E-state index contributed by atoms with van der Waals surface area (Å²) in [6.07, 6.45) is 7.44. The van der Waals surface area contributed by atoms with Gasteiger partial charge in [-0.05, 0) is 31.2 Å². The number of hydrogen-bond donors (Lipinski definition) is 0. The predicted molar refractivity (Wildman–Crippen MR) is 88.9 cm³/mol. The second-order valence-corrected chi connectivity index (χ2v) is 6.70. The van der Waals surface area contributed by atoms with Crippen LogP contribution in [0.2, 0.25) is 0 Å². The van der Waals surface area contributed by atoms with E-state index in [4.69, 9.17) is 9.47 Å². The number of methoxy groups -OCH3 is 1. The van der Waals surface area contributed by atoms with Crippen LogP contribution in [0.5, 0.6) is 0 Å². The van der Waals surface area contributed by atoms with E-state index in [0.717, 1.165) is 43.9 Å². The van der Waals surface area contributed by atoms with Crippen molar-refractivity contribution in [1.29, 1.82) is 0 Å². The zero-order valence-corrected chi connectivity index (χ0v) is 14.0. The Balaban J connectivity index is 1.54. The van der Waals surface area contributed by atoms with Crippen molar-refractivity contribution in [2.45, 2.75) is 31.9 Å². The Morgan fingerprint density at radius 3 is 3.25 bits per heavy atom. The van der Waals surface area contributed by atoms with Crippen molar-refractivity contribution in [2.75, 3.05) is 26.8 Å². The van der Waals surface area contributed by atoms with Crippen LogP contribution in [0.25, 0.3) is 5.65 Å². The molecule has 0 N–H and O–H groups in total. The molecular formula is C18H23N3O3. The van der Waals surface area contributed by atoms with Crippen molar-refractivity contribution in [1.82, 2.24) is 14.3 Å². The van der Waals surface area contributed by atoms with Crippen LogP contribution in [0.4, 0.5) is 0 Å². The summed E-state index contributed by atoms with van der Waals surface area (Å²) in [6, 6.07) is 4.06. The zero-order valence-electron chi connectivity index (χ0n) is 14.0. The number of carbonyl (C=O) groups excluding carboxylic acids is 1. The molecule has 0 aromatic carbocycles. The van der Waals surface area contributed by atoms with Crippen molar-refractivity contribution in [3.05, 3.63) is 35.8 Å². The second-order valence-electron chi connectivity index (χ2n) is 6.70. The quantitative estimate of drug-likeness (QED) is 0.808. The first-order valence-electron chi connectivity index (χ1n) is 8.63. The van der Waals surface area contributed by atoms with Crippen LogP contribution in [-0.4, -0.2) is 53.2 Å². The number of likely N-dealkylation sites (tertiary alicyclic amines) is 1. The molecule has 2 saturated heterocycles. The molecule has 2 aromatic heterocycles. The lowest BCUT2D eigenvalue weighted by molar-refractivity contribution is -0.0675. The van der Waals surface area contributed by atoms with Gasteiger partial charge in [-0.15, -0.1) is 0 Å². The molecule has 24 heavy (non-hydrogen) atoms. The molecule has 6 heteroatoms. The van der Waals surface area contributed by atoms with Gasteiger partial charge in [-0.3, -0.25) is 9.30 Å². The average molecular weight is 329 g/mol.